The summed E-state index contributed by atoms with van der Waals surface area (Å²) in [5.41, 5.74) is 0.505. The molecule has 0 N–H and O–H groups in total. The number of hydrogen-bond donors (Lipinski definition) is 0. The molecule has 1 aliphatic heterocycles. The predicted molar refractivity (Wildman–Crippen MR) is 44.5 cm³/mol. The predicted octanol–water partition coefficient (Wildman–Crippen LogP) is 1.63. The molecule has 0 spiro atoms. The maximum atomic E-state index is 11.1. The van der Waals surface area contributed by atoms with Crippen molar-refractivity contribution in [3.63, 3.8) is 0 Å². The zero-order valence-corrected chi connectivity index (χ0v) is 7.34. The number of carbonyl (C=O) groups is 1. The van der Waals surface area contributed by atoms with Crippen molar-refractivity contribution in [2.24, 2.45) is 0 Å². The molecule has 1 saturated heterocycles. The van der Waals surface area contributed by atoms with Gasteiger partial charge in [0, 0.05) is 12.0 Å². The minimum atomic E-state index is -0.333. The lowest BCUT2D eigenvalue weighted by Gasteiger charge is -2.10. The Morgan fingerprint density at radius 2 is 2.50 bits per heavy atom. The van der Waals surface area contributed by atoms with Gasteiger partial charge in [-0.05, 0) is 12.8 Å². The highest BCUT2D eigenvalue weighted by atomic mass is 16.7. The van der Waals surface area contributed by atoms with Crippen LogP contribution in [0, 0.1) is 0 Å². The van der Waals surface area contributed by atoms with E-state index in [1.165, 1.54) is 0 Å². The first-order valence-electron chi connectivity index (χ1n) is 4.24. The molecule has 0 aromatic rings. The first kappa shape index (κ1) is 9.26. The molecule has 1 aliphatic rings. The molecule has 0 saturated carbocycles. The minimum absolute atomic E-state index is 0.329. The van der Waals surface area contributed by atoms with Gasteiger partial charge in [-0.1, -0.05) is 13.5 Å². The molecule has 1 unspecified atom stereocenters. The van der Waals surface area contributed by atoms with Gasteiger partial charge in [-0.2, -0.15) is 0 Å². The summed E-state index contributed by atoms with van der Waals surface area (Å²) in [4.78, 5) is 11.1. The van der Waals surface area contributed by atoms with Gasteiger partial charge in [0.05, 0.1) is 6.61 Å². The lowest BCUT2D eigenvalue weighted by atomic mass is 10.2. The number of ether oxygens (including phenoxy) is 2. The maximum absolute atomic E-state index is 11.1. The molecule has 0 aromatic heterocycles. The third kappa shape index (κ3) is 2.34. The topological polar surface area (TPSA) is 35.5 Å². The van der Waals surface area contributed by atoms with Crippen LogP contribution in [0.5, 0.6) is 0 Å². The fourth-order valence-corrected chi connectivity index (χ4v) is 0.988. The van der Waals surface area contributed by atoms with Gasteiger partial charge in [-0.15, -0.1) is 0 Å². The zero-order valence-electron chi connectivity index (χ0n) is 7.34. The molecule has 1 fully saturated rings. The van der Waals surface area contributed by atoms with Gasteiger partial charge in [0.1, 0.15) is 0 Å². The SMILES string of the molecule is C=C(CC)C(=O)OC1CCCO1. The maximum Gasteiger partial charge on any atom is 0.335 e. The van der Waals surface area contributed by atoms with Crippen molar-refractivity contribution in [2.75, 3.05) is 6.61 Å². The third-order valence-electron chi connectivity index (χ3n) is 1.84. The molecule has 0 bridgehead atoms. The standard InChI is InChI=1S/C9H14O3/c1-3-7(2)9(10)12-8-5-4-6-11-8/h8H,2-6H2,1H3. The van der Waals surface area contributed by atoms with Crippen LogP contribution in [0.3, 0.4) is 0 Å². The molecule has 0 aliphatic carbocycles. The van der Waals surface area contributed by atoms with E-state index in [2.05, 4.69) is 6.58 Å². The Balaban J connectivity index is 2.29. The van der Waals surface area contributed by atoms with Crippen molar-refractivity contribution in [1.82, 2.24) is 0 Å². The van der Waals surface area contributed by atoms with Crippen LogP contribution in [0.1, 0.15) is 26.2 Å². The molecule has 1 heterocycles. The first-order valence-corrected chi connectivity index (χ1v) is 4.24. The lowest BCUT2D eigenvalue weighted by Crippen LogP contribution is -2.17. The van der Waals surface area contributed by atoms with Gasteiger partial charge in [0.15, 0.2) is 0 Å². The van der Waals surface area contributed by atoms with Crippen LogP contribution in [0.2, 0.25) is 0 Å². The second kappa shape index (κ2) is 4.26. The Bertz CT molecular complexity index is 180. The van der Waals surface area contributed by atoms with E-state index in [0.29, 0.717) is 18.6 Å². The Labute approximate surface area is 72.4 Å². The summed E-state index contributed by atoms with van der Waals surface area (Å²) in [7, 11) is 0. The molecule has 12 heavy (non-hydrogen) atoms. The summed E-state index contributed by atoms with van der Waals surface area (Å²) >= 11 is 0. The summed E-state index contributed by atoms with van der Waals surface area (Å²) in [5, 5.41) is 0. The van der Waals surface area contributed by atoms with Crippen molar-refractivity contribution >= 4 is 5.97 Å². The van der Waals surface area contributed by atoms with E-state index >= 15 is 0 Å². The van der Waals surface area contributed by atoms with Crippen LogP contribution in [0.25, 0.3) is 0 Å². The number of carbonyl (C=O) groups excluding carboxylic acids is 1. The van der Waals surface area contributed by atoms with Crippen LogP contribution in [-0.2, 0) is 14.3 Å². The van der Waals surface area contributed by atoms with Crippen molar-refractivity contribution < 1.29 is 14.3 Å². The molecule has 0 amide bonds. The highest BCUT2D eigenvalue weighted by Crippen LogP contribution is 2.14. The third-order valence-corrected chi connectivity index (χ3v) is 1.84. The van der Waals surface area contributed by atoms with Crippen molar-refractivity contribution in [2.45, 2.75) is 32.5 Å². The van der Waals surface area contributed by atoms with Gasteiger partial charge in [0.2, 0.25) is 6.29 Å². The molecular weight excluding hydrogens is 156 g/mol. The number of rotatable bonds is 3. The van der Waals surface area contributed by atoms with E-state index in [4.69, 9.17) is 9.47 Å². The lowest BCUT2D eigenvalue weighted by molar-refractivity contribution is -0.165. The summed E-state index contributed by atoms with van der Waals surface area (Å²) < 4.78 is 10.1. The zero-order chi connectivity index (χ0) is 8.97. The van der Waals surface area contributed by atoms with E-state index in [-0.39, 0.29) is 12.3 Å². The Morgan fingerprint density at radius 3 is 3.00 bits per heavy atom. The van der Waals surface area contributed by atoms with Crippen molar-refractivity contribution in [1.29, 1.82) is 0 Å². The van der Waals surface area contributed by atoms with Gasteiger partial charge >= 0.3 is 5.97 Å². The second-order valence-electron chi connectivity index (χ2n) is 2.80. The smallest absolute Gasteiger partial charge is 0.335 e. The van der Waals surface area contributed by atoms with Gasteiger partial charge in [-0.3, -0.25) is 0 Å². The van der Waals surface area contributed by atoms with Gasteiger partial charge < -0.3 is 9.47 Å². The van der Waals surface area contributed by atoms with Crippen molar-refractivity contribution in [3.05, 3.63) is 12.2 Å². The fraction of sp³-hybridized carbons (Fsp3) is 0.667. The largest absolute Gasteiger partial charge is 0.432 e. The van der Waals surface area contributed by atoms with E-state index in [9.17, 15) is 4.79 Å². The molecule has 0 aromatic carbocycles. The molecule has 0 radical (unpaired) electrons. The number of esters is 1. The summed E-state index contributed by atoms with van der Waals surface area (Å²) in [5.74, 6) is -0.329. The normalized spacial score (nSPS) is 22.2. The average Bonchev–Trinajstić information content (AvgIpc) is 2.55. The quantitative estimate of drug-likeness (QED) is 0.477. The van der Waals surface area contributed by atoms with E-state index in [1.807, 2.05) is 6.92 Å². The number of hydrogen-bond acceptors (Lipinski definition) is 3. The fourth-order valence-electron chi connectivity index (χ4n) is 0.988. The monoisotopic (exact) mass is 170 g/mol. The molecule has 1 rings (SSSR count). The highest BCUT2D eigenvalue weighted by Gasteiger charge is 2.20. The van der Waals surface area contributed by atoms with Crippen LogP contribution in [0.15, 0.2) is 12.2 Å². The highest BCUT2D eigenvalue weighted by molar-refractivity contribution is 5.87. The molecular formula is C9H14O3. The van der Waals surface area contributed by atoms with Crippen LogP contribution < -0.4 is 0 Å². The molecule has 1 atom stereocenters. The molecule has 68 valence electrons. The van der Waals surface area contributed by atoms with E-state index in [1.54, 1.807) is 0 Å². The van der Waals surface area contributed by atoms with Gasteiger partial charge in [0.25, 0.3) is 0 Å². The summed E-state index contributed by atoms with van der Waals surface area (Å²) in [6.45, 7) is 6.15. The van der Waals surface area contributed by atoms with Crippen molar-refractivity contribution in [3.8, 4) is 0 Å². The second-order valence-corrected chi connectivity index (χ2v) is 2.80. The first-order chi connectivity index (χ1) is 5.74. The minimum Gasteiger partial charge on any atom is -0.432 e. The molecule has 3 nitrogen and oxygen atoms in total. The average molecular weight is 170 g/mol. The van der Waals surface area contributed by atoms with E-state index < -0.39 is 0 Å². The Morgan fingerprint density at radius 1 is 1.75 bits per heavy atom. The van der Waals surface area contributed by atoms with Gasteiger partial charge in [-0.25, -0.2) is 4.79 Å². The summed E-state index contributed by atoms with van der Waals surface area (Å²) in [6.07, 6.45) is 2.07. The van der Waals surface area contributed by atoms with Crippen LogP contribution >= 0.6 is 0 Å². The van der Waals surface area contributed by atoms with Crippen LogP contribution in [0.4, 0.5) is 0 Å². The Hall–Kier alpha value is -0.830. The summed E-state index contributed by atoms with van der Waals surface area (Å²) in [6, 6.07) is 0. The Kier molecular flexibility index (Phi) is 3.29. The molecule has 3 heteroatoms. The van der Waals surface area contributed by atoms with Crippen LogP contribution in [-0.4, -0.2) is 18.9 Å². The van der Waals surface area contributed by atoms with E-state index in [0.717, 1.165) is 12.8 Å².